The fourth-order valence-electron chi connectivity index (χ4n) is 1.86. The number of likely N-dealkylation sites (N-methyl/N-ethyl adjacent to an activating group) is 1. The van der Waals surface area contributed by atoms with Gasteiger partial charge < -0.3 is 4.90 Å². The molecule has 1 aliphatic heterocycles. The van der Waals surface area contributed by atoms with Crippen LogP contribution in [0.1, 0.15) is 18.1 Å². The molecule has 0 fully saturated rings. The number of rotatable bonds is 0. The van der Waals surface area contributed by atoms with Gasteiger partial charge in [-0.2, -0.15) is 0 Å². The van der Waals surface area contributed by atoms with Gasteiger partial charge >= 0.3 is 0 Å². The van der Waals surface area contributed by atoms with Crippen molar-refractivity contribution in [3.8, 4) is 0 Å². The van der Waals surface area contributed by atoms with E-state index in [4.69, 9.17) is 11.6 Å². The molecular weight excluding hydrogens is 198 g/mol. The maximum atomic E-state index is 11.8. The minimum Gasteiger partial charge on any atom is -0.313 e. The molecule has 1 aromatic carbocycles. The minimum absolute atomic E-state index is 0.0558. The molecule has 0 aliphatic carbocycles. The first-order chi connectivity index (χ1) is 6.44. The molecule has 3 heteroatoms. The third-order valence-electron chi connectivity index (χ3n) is 2.73. The molecule has 1 aromatic rings. The summed E-state index contributed by atoms with van der Waals surface area (Å²) in [7, 11) is 1.75. The number of amides is 1. The molecule has 1 heterocycles. The van der Waals surface area contributed by atoms with Gasteiger partial charge in [-0.05, 0) is 19.9 Å². The first kappa shape index (κ1) is 9.53. The molecule has 0 saturated carbocycles. The zero-order valence-electron chi connectivity index (χ0n) is 8.47. The molecule has 0 radical (unpaired) electrons. The molecule has 0 bridgehead atoms. The first-order valence-electron chi connectivity index (χ1n) is 4.53. The van der Waals surface area contributed by atoms with Crippen LogP contribution in [0.5, 0.6) is 0 Å². The van der Waals surface area contributed by atoms with Crippen LogP contribution >= 0.6 is 11.6 Å². The number of hydrogen-bond donors (Lipinski definition) is 0. The monoisotopic (exact) mass is 209 g/mol. The van der Waals surface area contributed by atoms with Gasteiger partial charge in [0.25, 0.3) is 5.91 Å². The summed E-state index contributed by atoms with van der Waals surface area (Å²) < 4.78 is 0. The van der Waals surface area contributed by atoms with Crippen molar-refractivity contribution in [2.45, 2.75) is 18.7 Å². The van der Waals surface area contributed by atoms with E-state index in [1.165, 1.54) is 0 Å². The van der Waals surface area contributed by atoms with Crippen molar-refractivity contribution in [3.63, 3.8) is 0 Å². The van der Waals surface area contributed by atoms with Crippen molar-refractivity contribution in [2.75, 3.05) is 11.9 Å². The van der Waals surface area contributed by atoms with Crippen LogP contribution in [0.2, 0.25) is 0 Å². The van der Waals surface area contributed by atoms with E-state index in [0.29, 0.717) is 0 Å². The van der Waals surface area contributed by atoms with Gasteiger partial charge in [-0.15, -0.1) is 11.6 Å². The van der Waals surface area contributed by atoms with Crippen molar-refractivity contribution in [2.24, 2.45) is 0 Å². The predicted octanol–water partition coefficient (Wildman–Crippen LogP) is 2.43. The van der Waals surface area contributed by atoms with Crippen LogP contribution < -0.4 is 4.90 Å². The zero-order valence-corrected chi connectivity index (χ0v) is 9.22. The highest BCUT2D eigenvalue weighted by atomic mass is 35.5. The average Bonchev–Trinajstić information content (AvgIpc) is 2.29. The number of hydrogen-bond acceptors (Lipinski definition) is 1. The molecule has 1 amide bonds. The van der Waals surface area contributed by atoms with Crippen molar-refractivity contribution < 1.29 is 4.79 Å². The highest BCUT2D eigenvalue weighted by Gasteiger charge is 2.44. The summed E-state index contributed by atoms with van der Waals surface area (Å²) in [5, 5.41) is 0. The van der Waals surface area contributed by atoms with Gasteiger partial charge in [-0.1, -0.05) is 17.7 Å². The van der Waals surface area contributed by atoms with E-state index < -0.39 is 4.87 Å². The van der Waals surface area contributed by atoms with Crippen LogP contribution in [-0.4, -0.2) is 13.0 Å². The quantitative estimate of drug-likeness (QED) is 0.601. The Morgan fingerprint density at radius 3 is 2.71 bits per heavy atom. The number of halogens is 1. The first-order valence-corrected chi connectivity index (χ1v) is 4.90. The summed E-state index contributed by atoms with van der Waals surface area (Å²) in [4.78, 5) is 12.5. The van der Waals surface area contributed by atoms with Crippen molar-refractivity contribution in [1.82, 2.24) is 0 Å². The van der Waals surface area contributed by atoms with Crippen LogP contribution in [0.15, 0.2) is 18.2 Å². The predicted molar refractivity (Wildman–Crippen MR) is 57.8 cm³/mol. The second kappa shape index (κ2) is 2.74. The molecule has 1 aliphatic rings. The van der Waals surface area contributed by atoms with Crippen LogP contribution in [0, 0.1) is 6.92 Å². The lowest BCUT2D eigenvalue weighted by Gasteiger charge is -2.13. The number of anilines is 1. The van der Waals surface area contributed by atoms with Crippen molar-refractivity contribution in [1.29, 1.82) is 0 Å². The average molecular weight is 210 g/mol. The molecule has 14 heavy (non-hydrogen) atoms. The molecule has 74 valence electrons. The van der Waals surface area contributed by atoms with Crippen LogP contribution in [0.3, 0.4) is 0 Å². The molecule has 2 nitrogen and oxygen atoms in total. The summed E-state index contributed by atoms with van der Waals surface area (Å²) in [5.41, 5.74) is 2.95. The summed E-state index contributed by atoms with van der Waals surface area (Å²) in [6.07, 6.45) is 0. The van der Waals surface area contributed by atoms with E-state index in [1.54, 1.807) is 18.9 Å². The normalized spacial score (nSPS) is 25.4. The van der Waals surface area contributed by atoms with Gasteiger partial charge in [0, 0.05) is 18.3 Å². The van der Waals surface area contributed by atoms with E-state index >= 15 is 0 Å². The van der Waals surface area contributed by atoms with Gasteiger partial charge in [0.2, 0.25) is 0 Å². The fraction of sp³-hybridized carbons (Fsp3) is 0.364. The van der Waals surface area contributed by atoms with Gasteiger partial charge in [-0.3, -0.25) is 4.79 Å². The third kappa shape index (κ3) is 1.07. The standard InChI is InChI=1S/C11H12ClNO/c1-7-4-5-9-8(6-7)11(2,12)10(14)13(9)3/h4-6H,1-3H3. The van der Waals surface area contributed by atoms with E-state index in [9.17, 15) is 4.79 Å². The summed E-state index contributed by atoms with van der Waals surface area (Å²) in [6, 6.07) is 5.90. The Morgan fingerprint density at radius 2 is 2.07 bits per heavy atom. The number of carbonyl (C=O) groups is 1. The maximum absolute atomic E-state index is 11.8. The molecular formula is C11H12ClNO. The van der Waals surface area contributed by atoms with E-state index in [0.717, 1.165) is 16.8 Å². The maximum Gasteiger partial charge on any atom is 0.252 e. The number of benzene rings is 1. The Kier molecular flexibility index (Phi) is 1.86. The van der Waals surface area contributed by atoms with E-state index in [-0.39, 0.29) is 5.91 Å². The van der Waals surface area contributed by atoms with Crippen LogP contribution in [0.4, 0.5) is 5.69 Å². The SMILES string of the molecule is Cc1ccc2c(c1)C(C)(Cl)C(=O)N2C. The smallest absolute Gasteiger partial charge is 0.252 e. The number of alkyl halides is 1. The van der Waals surface area contributed by atoms with Crippen molar-refractivity contribution >= 4 is 23.2 Å². The Labute approximate surface area is 88.5 Å². The number of carbonyl (C=O) groups excluding carboxylic acids is 1. The highest BCUT2D eigenvalue weighted by Crippen LogP contribution is 2.43. The van der Waals surface area contributed by atoms with Gasteiger partial charge in [0.1, 0.15) is 4.87 Å². The van der Waals surface area contributed by atoms with Gasteiger partial charge in [-0.25, -0.2) is 0 Å². The Bertz CT molecular complexity index is 412. The van der Waals surface area contributed by atoms with Gasteiger partial charge in [0.15, 0.2) is 0 Å². The Morgan fingerprint density at radius 1 is 1.43 bits per heavy atom. The molecule has 2 rings (SSSR count). The fourth-order valence-corrected chi connectivity index (χ4v) is 2.14. The molecule has 1 unspecified atom stereocenters. The lowest BCUT2D eigenvalue weighted by Crippen LogP contribution is -2.31. The second-order valence-electron chi connectivity index (χ2n) is 3.89. The lowest BCUT2D eigenvalue weighted by atomic mass is 10.0. The zero-order chi connectivity index (χ0) is 10.5. The minimum atomic E-state index is -0.893. The molecule has 0 saturated heterocycles. The molecule has 0 aromatic heterocycles. The van der Waals surface area contributed by atoms with E-state index in [2.05, 4.69) is 0 Å². The Hall–Kier alpha value is -1.02. The Balaban J connectivity index is 2.69. The highest BCUT2D eigenvalue weighted by molar-refractivity contribution is 6.39. The van der Waals surface area contributed by atoms with Crippen LogP contribution in [0.25, 0.3) is 0 Å². The number of nitrogens with zero attached hydrogens (tertiary/aromatic N) is 1. The second-order valence-corrected chi connectivity index (χ2v) is 4.64. The molecule has 0 N–H and O–H groups in total. The third-order valence-corrected chi connectivity index (χ3v) is 3.09. The molecule has 0 spiro atoms. The topological polar surface area (TPSA) is 20.3 Å². The summed E-state index contributed by atoms with van der Waals surface area (Å²) >= 11 is 6.22. The van der Waals surface area contributed by atoms with Crippen LogP contribution in [-0.2, 0) is 9.67 Å². The lowest BCUT2D eigenvalue weighted by molar-refractivity contribution is -0.119. The largest absolute Gasteiger partial charge is 0.313 e. The summed E-state index contributed by atoms with van der Waals surface area (Å²) in [5.74, 6) is -0.0558. The molecule has 1 atom stereocenters. The van der Waals surface area contributed by atoms with E-state index in [1.807, 2.05) is 25.1 Å². The summed E-state index contributed by atoms with van der Waals surface area (Å²) in [6.45, 7) is 3.74. The van der Waals surface area contributed by atoms with Crippen molar-refractivity contribution in [3.05, 3.63) is 29.3 Å². The number of fused-ring (bicyclic) bond motifs is 1. The van der Waals surface area contributed by atoms with Gasteiger partial charge in [0.05, 0.1) is 0 Å². The number of aryl methyl sites for hydroxylation is 1.